The molecule has 0 unspecified atom stereocenters. The summed E-state index contributed by atoms with van der Waals surface area (Å²) in [6.07, 6.45) is 0. The molecule has 0 spiro atoms. The summed E-state index contributed by atoms with van der Waals surface area (Å²) in [6.45, 7) is 1.39. The second-order valence-electron chi connectivity index (χ2n) is 3.11. The number of nitrogens with one attached hydrogen (secondary N) is 1. The van der Waals surface area contributed by atoms with Crippen LogP contribution >= 0.6 is 0 Å². The minimum Gasteiger partial charge on any atom is -0.383 e. The Morgan fingerprint density at radius 2 is 2.20 bits per heavy atom. The molecule has 1 aromatic rings. The number of benzene rings is 1. The van der Waals surface area contributed by atoms with Gasteiger partial charge in [-0.15, -0.1) is 0 Å². The first kappa shape index (κ1) is 11.7. The van der Waals surface area contributed by atoms with Crippen molar-refractivity contribution in [1.29, 1.82) is 0 Å². The van der Waals surface area contributed by atoms with E-state index < -0.39 is 0 Å². The summed E-state index contributed by atoms with van der Waals surface area (Å²) in [6, 6.07) is 7.31. The van der Waals surface area contributed by atoms with Crippen LogP contribution in [0.3, 0.4) is 0 Å². The normalized spacial score (nSPS) is 10.0. The first-order chi connectivity index (χ1) is 7.29. The van der Waals surface area contributed by atoms with Crippen molar-refractivity contribution in [3.63, 3.8) is 0 Å². The Morgan fingerprint density at radius 3 is 2.87 bits per heavy atom. The van der Waals surface area contributed by atoms with Crippen molar-refractivity contribution in [3.8, 4) is 0 Å². The van der Waals surface area contributed by atoms with Crippen molar-refractivity contribution in [1.82, 2.24) is 5.32 Å². The smallest absolute Gasteiger partial charge is 0.251 e. The van der Waals surface area contributed by atoms with Gasteiger partial charge < -0.3 is 15.8 Å². The molecule has 0 radical (unpaired) electrons. The molecule has 0 aliphatic rings. The Balaban J connectivity index is 2.64. The number of amides is 1. The standard InChI is InChI=1S/C11H16N2O2/c1-15-7-6-13-11(14)10-5-3-2-4-9(10)8-12/h2-5H,6-8,12H2,1H3,(H,13,14). The number of carbonyl (C=O) groups excluding carboxylic acids is 1. The average molecular weight is 208 g/mol. The molecule has 0 aliphatic carbocycles. The van der Waals surface area contributed by atoms with Gasteiger partial charge in [0.05, 0.1) is 6.61 Å². The summed E-state index contributed by atoms with van der Waals surface area (Å²) in [7, 11) is 1.60. The molecular formula is C11H16N2O2. The van der Waals surface area contributed by atoms with Gasteiger partial charge in [-0.05, 0) is 11.6 Å². The quantitative estimate of drug-likeness (QED) is 0.693. The summed E-state index contributed by atoms with van der Waals surface area (Å²) < 4.78 is 4.85. The fourth-order valence-electron chi connectivity index (χ4n) is 1.28. The lowest BCUT2D eigenvalue weighted by molar-refractivity contribution is 0.0936. The molecule has 1 rings (SSSR count). The van der Waals surface area contributed by atoms with E-state index in [9.17, 15) is 4.79 Å². The first-order valence-corrected chi connectivity index (χ1v) is 4.84. The van der Waals surface area contributed by atoms with Gasteiger partial charge in [0.25, 0.3) is 5.91 Å². The number of rotatable bonds is 5. The second-order valence-corrected chi connectivity index (χ2v) is 3.11. The third-order valence-electron chi connectivity index (χ3n) is 2.07. The maximum atomic E-state index is 11.7. The van der Waals surface area contributed by atoms with Crippen LogP contribution in [0.5, 0.6) is 0 Å². The van der Waals surface area contributed by atoms with Crippen molar-refractivity contribution >= 4 is 5.91 Å². The van der Waals surface area contributed by atoms with Gasteiger partial charge in [0.2, 0.25) is 0 Å². The lowest BCUT2D eigenvalue weighted by atomic mass is 10.1. The Morgan fingerprint density at radius 1 is 1.47 bits per heavy atom. The lowest BCUT2D eigenvalue weighted by Gasteiger charge is -2.07. The van der Waals surface area contributed by atoms with E-state index in [2.05, 4.69) is 5.32 Å². The maximum Gasteiger partial charge on any atom is 0.251 e. The van der Waals surface area contributed by atoms with E-state index in [0.717, 1.165) is 5.56 Å². The van der Waals surface area contributed by atoms with Crippen molar-refractivity contribution < 1.29 is 9.53 Å². The number of methoxy groups -OCH3 is 1. The van der Waals surface area contributed by atoms with E-state index in [-0.39, 0.29) is 5.91 Å². The molecule has 0 aromatic heterocycles. The molecule has 0 bridgehead atoms. The van der Waals surface area contributed by atoms with Crippen LogP contribution in [-0.2, 0) is 11.3 Å². The molecule has 0 saturated carbocycles. The van der Waals surface area contributed by atoms with Gasteiger partial charge in [0.15, 0.2) is 0 Å². The van der Waals surface area contributed by atoms with Crippen molar-refractivity contribution in [2.24, 2.45) is 5.73 Å². The zero-order valence-corrected chi connectivity index (χ0v) is 8.82. The van der Waals surface area contributed by atoms with E-state index in [1.54, 1.807) is 13.2 Å². The molecule has 0 atom stereocenters. The highest BCUT2D eigenvalue weighted by Gasteiger charge is 2.08. The van der Waals surface area contributed by atoms with Crippen LogP contribution in [0.1, 0.15) is 15.9 Å². The van der Waals surface area contributed by atoms with Gasteiger partial charge in [-0.2, -0.15) is 0 Å². The largest absolute Gasteiger partial charge is 0.383 e. The first-order valence-electron chi connectivity index (χ1n) is 4.84. The Kier molecular flexibility index (Phi) is 4.80. The molecule has 1 amide bonds. The fraction of sp³-hybridized carbons (Fsp3) is 0.364. The predicted octanol–water partition coefficient (Wildman–Crippen LogP) is 0.521. The van der Waals surface area contributed by atoms with Crippen molar-refractivity contribution in [2.45, 2.75) is 6.54 Å². The van der Waals surface area contributed by atoms with Crippen LogP contribution in [0.2, 0.25) is 0 Å². The van der Waals surface area contributed by atoms with E-state index in [4.69, 9.17) is 10.5 Å². The minimum absolute atomic E-state index is 0.104. The number of hydrogen-bond donors (Lipinski definition) is 2. The molecule has 4 heteroatoms. The van der Waals surface area contributed by atoms with Crippen molar-refractivity contribution in [2.75, 3.05) is 20.3 Å². The number of hydrogen-bond acceptors (Lipinski definition) is 3. The fourth-order valence-corrected chi connectivity index (χ4v) is 1.28. The van der Waals surface area contributed by atoms with E-state index in [1.165, 1.54) is 0 Å². The predicted molar refractivity (Wildman–Crippen MR) is 58.5 cm³/mol. The summed E-state index contributed by atoms with van der Waals surface area (Å²) in [5.74, 6) is -0.104. The summed E-state index contributed by atoms with van der Waals surface area (Å²) in [5.41, 5.74) is 7.03. The Bertz CT molecular complexity index is 326. The summed E-state index contributed by atoms with van der Waals surface area (Å²) in [4.78, 5) is 11.7. The van der Waals surface area contributed by atoms with Crippen LogP contribution in [0, 0.1) is 0 Å². The van der Waals surface area contributed by atoms with Crippen molar-refractivity contribution in [3.05, 3.63) is 35.4 Å². The molecule has 0 heterocycles. The van der Waals surface area contributed by atoms with Crippen LogP contribution in [0.15, 0.2) is 24.3 Å². The van der Waals surface area contributed by atoms with Gasteiger partial charge in [-0.1, -0.05) is 18.2 Å². The summed E-state index contributed by atoms with van der Waals surface area (Å²) in [5, 5.41) is 2.76. The zero-order valence-electron chi connectivity index (χ0n) is 8.82. The number of carbonyl (C=O) groups is 1. The van der Waals surface area contributed by atoms with E-state index >= 15 is 0 Å². The summed E-state index contributed by atoms with van der Waals surface area (Å²) >= 11 is 0. The molecule has 0 aliphatic heterocycles. The molecule has 4 nitrogen and oxygen atoms in total. The van der Waals surface area contributed by atoms with Crippen LogP contribution in [-0.4, -0.2) is 26.2 Å². The minimum atomic E-state index is -0.104. The highest BCUT2D eigenvalue weighted by molar-refractivity contribution is 5.95. The second kappa shape index (κ2) is 6.16. The average Bonchev–Trinajstić information content (AvgIpc) is 2.29. The highest BCUT2D eigenvalue weighted by Crippen LogP contribution is 2.07. The molecule has 0 saturated heterocycles. The van der Waals surface area contributed by atoms with Crippen LogP contribution in [0.4, 0.5) is 0 Å². The zero-order chi connectivity index (χ0) is 11.1. The number of nitrogens with two attached hydrogens (primary N) is 1. The Labute approximate surface area is 89.4 Å². The van der Waals surface area contributed by atoms with Gasteiger partial charge in [0.1, 0.15) is 0 Å². The van der Waals surface area contributed by atoms with Crippen LogP contribution < -0.4 is 11.1 Å². The molecule has 15 heavy (non-hydrogen) atoms. The molecule has 1 aromatic carbocycles. The maximum absolute atomic E-state index is 11.7. The highest BCUT2D eigenvalue weighted by atomic mass is 16.5. The third kappa shape index (κ3) is 3.34. The molecular weight excluding hydrogens is 192 g/mol. The molecule has 82 valence electrons. The van der Waals surface area contributed by atoms with E-state index in [0.29, 0.717) is 25.3 Å². The lowest BCUT2D eigenvalue weighted by Crippen LogP contribution is -2.28. The number of ether oxygens (including phenoxy) is 1. The monoisotopic (exact) mass is 208 g/mol. The van der Waals surface area contributed by atoms with Gasteiger partial charge in [-0.3, -0.25) is 4.79 Å². The van der Waals surface area contributed by atoms with Gasteiger partial charge in [0, 0.05) is 25.8 Å². The van der Waals surface area contributed by atoms with Crippen LogP contribution in [0.25, 0.3) is 0 Å². The molecule has 0 fully saturated rings. The Hall–Kier alpha value is -1.39. The van der Waals surface area contributed by atoms with Gasteiger partial charge in [-0.25, -0.2) is 0 Å². The topological polar surface area (TPSA) is 64.3 Å². The third-order valence-corrected chi connectivity index (χ3v) is 2.07. The molecule has 3 N–H and O–H groups in total. The van der Waals surface area contributed by atoms with E-state index in [1.807, 2.05) is 18.2 Å². The SMILES string of the molecule is COCCNC(=O)c1ccccc1CN. The van der Waals surface area contributed by atoms with Gasteiger partial charge >= 0.3 is 0 Å².